The van der Waals surface area contributed by atoms with E-state index in [4.69, 9.17) is 4.74 Å². The second-order valence-corrected chi connectivity index (χ2v) is 3.85. The van der Waals surface area contributed by atoms with Gasteiger partial charge >= 0.3 is 5.97 Å². The first kappa shape index (κ1) is 13.4. The van der Waals surface area contributed by atoms with E-state index in [9.17, 15) is 4.79 Å². The summed E-state index contributed by atoms with van der Waals surface area (Å²) >= 11 is 0. The van der Waals surface area contributed by atoms with Crippen LogP contribution in [0.25, 0.3) is 0 Å². The van der Waals surface area contributed by atoms with Gasteiger partial charge < -0.3 is 4.74 Å². The molecule has 17 heavy (non-hydrogen) atoms. The number of esters is 1. The number of carbonyl (C=O) groups excluding carboxylic acids is 1. The van der Waals surface area contributed by atoms with Gasteiger partial charge in [-0.2, -0.15) is 0 Å². The Kier molecular flexibility index (Phi) is 6.00. The molecule has 3 nitrogen and oxygen atoms in total. The van der Waals surface area contributed by atoms with Crippen LogP contribution >= 0.6 is 0 Å². The van der Waals surface area contributed by atoms with Gasteiger partial charge in [-0.1, -0.05) is 43.7 Å². The van der Waals surface area contributed by atoms with Gasteiger partial charge in [0.15, 0.2) is 6.04 Å². The predicted molar refractivity (Wildman–Crippen MR) is 69.4 cm³/mol. The number of hydrogen-bond donors (Lipinski definition) is 0. The molecule has 0 heterocycles. The highest BCUT2D eigenvalue weighted by Crippen LogP contribution is 2.07. The fraction of sp³-hybridized carbons (Fsp3) is 0.429. The fourth-order valence-electron chi connectivity index (χ4n) is 1.50. The maximum Gasteiger partial charge on any atom is 0.330 e. The highest BCUT2D eigenvalue weighted by atomic mass is 16.5. The third-order valence-corrected chi connectivity index (χ3v) is 2.45. The molecule has 1 aromatic carbocycles. The monoisotopic (exact) mass is 233 g/mol. The van der Waals surface area contributed by atoms with Crippen molar-refractivity contribution in [2.45, 2.75) is 32.2 Å². The van der Waals surface area contributed by atoms with Crippen LogP contribution < -0.4 is 0 Å². The molecule has 0 spiro atoms. The lowest BCUT2D eigenvalue weighted by molar-refractivity contribution is -0.142. The SMILES string of the molecule is CCCC=N[C@@H](Cc1ccccc1)C(=O)OC. The number of unbranched alkanes of at least 4 members (excludes halogenated alkanes) is 1. The lowest BCUT2D eigenvalue weighted by Gasteiger charge is -2.09. The molecule has 0 aliphatic carbocycles. The van der Waals surface area contributed by atoms with E-state index in [0.29, 0.717) is 6.42 Å². The Morgan fingerprint density at radius 2 is 2.12 bits per heavy atom. The normalized spacial score (nSPS) is 12.6. The number of hydrogen-bond acceptors (Lipinski definition) is 3. The van der Waals surface area contributed by atoms with Crippen LogP contribution in [0.1, 0.15) is 25.3 Å². The highest BCUT2D eigenvalue weighted by Gasteiger charge is 2.17. The third-order valence-electron chi connectivity index (χ3n) is 2.45. The zero-order chi connectivity index (χ0) is 12.5. The number of aliphatic imine (C=N–C) groups is 1. The molecule has 0 saturated heterocycles. The van der Waals surface area contributed by atoms with Crippen molar-refractivity contribution in [3.05, 3.63) is 35.9 Å². The van der Waals surface area contributed by atoms with E-state index < -0.39 is 6.04 Å². The van der Waals surface area contributed by atoms with Crippen molar-refractivity contribution in [3.63, 3.8) is 0 Å². The lowest BCUT2D eigenvalue weighted by atomic mass is 10.1. The quantitative estimate of drug-likeness (QED) is 0.559. The molecule has 0 radical (unpaired) electrons. The number of benzene rings is 1. The van der Waals surface area contributed by atoms with Crippen LogP contribution in [0.2, 0.25) is 0 Å². The number of carbonyl (C=O) groups is 1. The fourth-order valence-corrected chi connectivity index (χ4v) is 1.50. The first-order chi connectivity index (χ1) is 8.27. The van der Waals surface area contributed by atoms with E-state index >= 15 is 0 Å². The van der Waals surface area contributed by atoms with E-state index in [-0.39, 0.29) is 5.97 Å². The van der Waals surface area contributed by atoms with Crippen molar-refractivity contribution in [1.82, 2.24) is 0 Å². The van der Waals surface area contributed by atoms with Crippen molar-refractivity contribution in [3.8, 4) is 0 Å². The van der Waals surface area contributed by atoms with Crippen molar-refractivity contribution in [2.75, 3.05) is 7.11 Å². The van der Waals surface area contributed by atoms with Crippen LogP contribution in [-0.2, 0) is 16.0 Å². The summed E-state index contributed by atoms with van der Waals surface area (Å²) in [5.74, 6) is -0.277. The van der Waals surface area contributed by atoms with E-state index in [0.717, 1.165) is 18.4 Å². The Morgan fingerprint density at radius 1 is 1.41 bits per heavy atom. The van der Waals surface area contributed by atoms with Gasteiger partial charge in [-0.25, -0.2) is 4.79 Å². The van der Waals surface area contributed by atoms with E-state index in [1.54, 1.807) is 0 Å². The maximum absolute atomic E-state index is 11.6. The molecule has 0 aromatic heterocycles. The van der Waals surface area contributed by atoms with Crippen LogP contribution in [0, 0.1) is 0 Å². The van der Waals surface area contributed by atoms with Gasteiger partial charge in [0.2, 0.25) is 0 Å². The second-order valence-electron chi connectivity index (χ2n) is 3.85. The summed E-state index contributed by atoms with van der Waals surface area (Å²) in [4.78, 5) is 15.9. The Bertz CT molecular complexity index is 360. The summed E-state index contributed by atoms with van der Waals surface area (Å²) in [7, 11) is 1.40. The van der Waals surface area contributed by atoms with Crippen molar-refractivity contribution < 1.29 is 9.53 Å². The number of nitrogens with zero attached hydrogens (tertiary/aromatic N) is 1. The van der Waals surface area contributed by atoms with Crippen molar-refractivity contribution in [2.24, 2.45) is 4.99 Å². The van der Waals surface area contributed by atoms with E-state index in [2.05, 4.69) is 11.9 Å². The molecule has 0 aliphatic heterocycles. The Labute approximate surface area is 103 Å². The number of methoxy groups -OCH3 is 1. The second kappa shape index (κ2) is 7.60. The molecule has 0 fully saturated rings. The summed E-state index contributed by atoms with van der Waals surface area (Å²) in [6, 6.07) is 9.43. The summed E-state index contributed by atoms with van der Waals surface area (Å²) in [5.41, 5.74) is 1.09. The van der Waals surface area contributed by atoms with Crippen LogP contribution in [0.3, 0.4) is 0 Å². The van der Waals surface area contributed by atoms with Gasteiger partial charge in [0.1, 0.15) is 0 Å². The molecule has 0 amide bonds. The van der Waals surface area contributed by atoms with Gasteiger partial charge in [0.25, 0.3) is 0 Å². The van der Waals surface area contributed by atoms with Gasteiger partial charge in [-0.05, 0) is 18.2 Å². The zero-order valence-corrected chi connectivity index (χ0v) is 10.4. The Balaban J connectivity index is 2.67. The average molecular weight is 233 g/mol. The predicted octanol–water partition coefficient (Wildman–Crippen LogP) is 2.64. The molecule has 1 atom stereocenters. The lowest BCUT2D eigenvalue weighted by Crippen LogP contribution is -2.23. The summed E-state index contributed by atoms with van der Waals surface area (Å²) in [6.45, 7) is 2.08. The van der Waals surface area contributed by atoms with Gasteiger partial charge in [0, 0.05) is 6.42 Å². The van der Waals surface area contributed by atoms with Crippen LogP contribution in [0.4, 0.5) is 0 Å². The van der Waals surface area contributed by atoms with Gasteiger partial charge in [0.05, 0.1) is 7.11 Å². The van der Waals surface area contributed by atoms with E-state index in [1.165, 1.54) is 7.11 Å². The minimum atomic E-state index is -0.422. The largest absolute Gasteiger partial charge is 0.467 e. The minimum Gasteiger partial charge on any atom is -0.467 e. The molecular formula is C14H19NO2. The van der Waals surface area contributed by atoms with Gasteiger partial charge in [-0.15, -0.1) is 0 Å². The van der Waals surface area contributed by atoms with E-state index in [1.807, 2.05) is 36.5 Å². The molecule has 92 valence electrons. The smallest absolute Gasteiger partial charge is 0.330 e. The number of rotatable bonds is 6. The Hall–Kier alpha value is -1.64. The topological polar surface area (TPSA) is 38.7 Å². The molecule has 0 saturated carbocycles. The third kappa shape index (κ3) is 4.81. The zero-order valence-electron chi connectivity index (χ0n) is 10.4. The highest BCUT2D eigenvalue weighted by molar-refractivity contribution is 5.78. The molecule has 1 rings (SSSR count). The van der Waals surface area contributed by atoms with Crippen molar-refractivity contribution >= 4 is 12.2 Å². The molecular weight excluding hydrogens is 214 g/mol. The molecule has 0 N–H and O–H groups in total. The standard InChI is InChI=1S/C14H19NO2/c1-3-4-10-15-13(14(16)17-2)11-12-8-6-5-7-9-12/h5-10,13H,3-4,11H2,1-2H3/t13-/m0/s1. The molecule has 1 aromatic rings. The number of ether oxygens (including phenoxy) is 1. The summed E-state index contributed by atoms with van der Waals surface area (Å²) in [6.07, 6.45) is 4.32. The first-order valence-electron chi connectivity index (χ1n) is 5.91. The van der Waals surface area contributed by atoms with Crippen molar-refractivity contribution in [1.29, 1.82) is 0 Å². The summed E-state index contributed by atoms with van der Waals surface area (Å²) < 4.78 is 4.76. The Morgan fingerprint density at radius 3 is 2.71 bits per heavy atom. The molecule has 0 aliphatic rings. The maximum atomic E-state index is 11.6. The van der Waals surface area contributed by atoms with Crippen LogP contribution in [-0.4, -0.2) is 25.3 Å². The summed E-state index contributed by atoms with van der Waals surface area (Å²) in [5, 5.41) is 0. The molecule has 3 heteroatoms. The van der Waals surface area contributed by atoms with Gasteiger partial charge in [-0.3, -0.25) is 4.99 Å². The first-order valence-corrected chi connectivity index (χ1v) is 5.91. The average Bonchev–Trinajstić information content (AvgIpc) is 2.38. The van der Waals surface area contributed by atoms with Crippen LogP contribution in [0.15, 0.2) is 35.3 Å². The molecule has 0 unspecified atom stereocenters. The minimum absolute atomic E-state index is 0.277. The van der Waals surface area contributed by atoms with Crippen LogP contribution in [0.5, 0.6) is 0 Å². The molecule has 0 bridgehead atoms.